The number of rotatable bonds is 21. The van der Waals surface area contributed by atoms with Crippen molar-refractivity contribution >= 4 is 0 Å². The predicted octanol–water partition coefficient (Wildman–Crippen LogP) is 10.2. The summed E-state index contributed by atoms with van der Waals surface area (Å²) in [5.41, 5.74) is 0.585. The van der Waals surface area contributed by atoms with Gasteiger partial charge < -0.3 is 0 Å². The van der Waals surface area contributed by atoms with E-state index in [1.165, 1.54) is 135 Å². The van der Waals surface area contributed by atoms with Gasteiger partial charge in [-0.25, -0.2) is 0 Å². The molecule has 0 saturated carbocycles. The fraction of sp³-hybridized carbons (Fsp3) is 1.00. The number of hydrogen-bond donors (Lipinski definition) is 0. The summed E-state index contributed by atoms with van der Waals surface area (Å²) in [6, 6.07) is 0. The van der Waals surface area contributed by atoms with E-state index in [2.05, 4.69) is 27.7 Å². The van der Waals surface area contributed by atoms with Gasteiger partial charge >= 0.3 is 0 Å². The molecule has 0 fully saturated rings. The van der Waals surface area contributed by atoms with Gasteiger partial charge in [0.15, 0.2) is 0 Å². The van der Waals surface area contributed by atoms with Crippen molar-refractivity contribution in [3.8, 4) is 0 Å². The first-order valence-corrected chi connectivity index (χ1v) is 12.6. The molecule has 0 aliphatic carbocycles. The average Bonchev–Trinajstić information content (AvgIpc) is 2.62. The molecule has 0 amide bonds. The van der Waals surface area contributed by atoms with Crippen LogP contribution < -0.4 is 0 Å². The minimum absolute atomic E-state index is 0.585. The van der Waals surface area contributed by atoms with Crippen molar-refractivity contribution in [1.29, 1.82) is 0 Å². The third-order valence-electron chi connectivity index (χ3n) is 6.16. The van der Waals surface area contributed by atoms with E-state index in [1.54, 1.807) is 0 Å². The third-order valence-corrected chi connectivity index (χ3v) is 6.16. The lowest BCUT2D eigenvalue weighted by Gasteiger charge is -2.24. The third kappa shape index (κ3) is 20.3. The summed E-state index contributed by atoms with van der Waals surface area (Å²) < 4.78 is 0. The second kappa shape index (κ2) is 19.8. The predicted molar refractivity (Wildman–Crippen MR) is 122 cm³/mol. The highest BCUT2D eigenvalue weighted by atomic mass is 14.2. The Morgan fingerprint density at radius 3 is 0.846 bits per heavy atom. The molecule has 26 heavy (non-hydrogen) atoms. The van der Waals surface area contributed by atoms with Gasteiger partial charge in [0, 0.05) is 0 Å². The summed E-state index contributed by atoms with van der Waals surface area (Å²) >= 11 is 0. The highest BCUT2D eigenvalue weighted by Gasteiger charge is 2.16. The largest absolute Gasteiger partial charge is 0.0654 e. The highest BCUT2D eigenvalue weighted by molar-refractivity contribution is 4.68. The fourth-order valence-electron chi connectivity index (χ4n) is 4.13. The normalized spacial score (nSPS) is 12.0. The molecule has 0 aromatic heterocycles. The Hall–Kier alpha value is 0. The quantitative estimate of drug-likeness (QED) is 0.177. The Kier molecular flexibility index (Phi) is 19.8. The molecule has 0 rings (SSSR count). The van der Waals surface area contributed by atoms with Gasteiger partial charge in [0.2, 0.25) is 0 Å². The molecular formula is C26H54. The van der Waals surface area contributed by atoms with E-state index >= 15 is 0 Å². The lowest BCUT2D eigenvalue weighted by atomic mass is 9.82. The molecule has 0 heterocycles. The smallest absolute Gasteiger partial charge is 0.0354 e. The van der Waals surface area contributed by atoms with Gasteiger partial charge in [-0.2, -0.15) is 0 Å². The summed E-state index contributed by atoms with van der Waals surface area (Å²) in [6.07, 6.45) is 30.6. The van der Waals surface area contributed by atoms with Crippen LogP contribution in [0.4, 0.5) is 0 Å². The van der Waals surface area contributed by atoms with Crippen LogP contribution in [-0.2, 0) is 0 Å². The molecule has 0 aliphatic heterocycles. The molecule has 0 aromatic carbocycles. The summed E-state index contributed by atoms with van der Waals surface area (Å²) in [7, 11) is 0. The lowest BCUT2D eigenvalue weighted by Crippen LogP contribution is -2.11. The molecule has 0 heteroatoms. The molecule has 0 spiro atoms. The highest BCUT2D eigenvalue weighted by Crippen LogP contribution is 2.30. The van der Waals surface area contributed by atoms with Gasteiger partial charge in [0.25, 0.3) is 0 Å². The molecule has 0 nitrogen and oxygen atoms in total. The zero-order valence-electron chi connectivity index (χ0n) is 19.3. The summed E-state index contributed by atoms with van der Waals surface area (Å²) in [6.45, 7) is 9.61. The van der Waals surface area contributed by atoms with E-state index in [0.29, 0.717) is 5.41 Å². The lowest BCUT2D eigenvalue weighted by molar-refractivity contribution is 0.282. The first kappa shape index (κ1) is 26.0. The van der Waals surface area contributed by atoms with Crippen molar-refractivity contribution < 1.29 is 0 Å². The van der Waals surface area contributed by atoms with Crippen molar-refractivity contribution in [2.24, 2.45) is 5.41 Å². The average molecular weight is 367 g/mol. The van der Waals surface area contributed by atoms with Crippen LogP contribution in [0.2, 0.25) is 0 Å². The Morgan fingerprint density at radius 1 is 0.346 bits per heavy atom. The van der Waals surface area contributed by atoms with Crippen LogP contribution in [0.3, 0.4) is 0 Å². The van der Waals surface area contributed by atoms with Gasteiger partial charge in [0.05, 0.1) is 0 Å². The van der Waals surface area contributed by atoms with E-state index in [1.807, 2.05) is 0 Å². The molecule has 0 atom stereocenters. The van der Waals surface area contributed by atoms with Gasteiger partial charge in [0.1, 0.15) is 0 Å². The molecule has 158 valence electrons. The van der Waals surface area contributed by atoms with Crippen LogP contribution in [0.15, 0.2) is 0 Å². The Balaban J connectivity index is 3.31. The van der Waals surface area contributed by atoms with Crippen LogP contribution >= 0.6 is 0 Å². The Labute approximate surface area is 168 Å². The minimum atomic E-state index is 0.585. The van der Waals surface area contributed by atoms with Crippen molar-refractivity contribution in [2.45, 2.75) is 163 Å². The van der Waals surface area contributed by atoms with Crippen LogP contribution in [0, 0.1) is 5.41 Å². The maximum Gasteiger partial charge on any atom is -0.0354 e. The zero-order valence-corrected chi connectivity index (χ0v) is 19.3. The van der Waals surface area contributed by atoms with Crippen molar-refractivity contribution in [3.63, 3.8) is 0 Å². The van der Waals surface area contributed by atoms with E-state index in [4.69, 9.17) is 0 Å². The number of unbranched alkanes of at least 4 members (excludes halogenated alkanes) is 17. The molecule has 0 aromatic rings. The van der Waals surface area contributed by atoms with Gasteiger partial charge in [-0.05, 0) is 18.3 Å². The van der Waals surface area contributed by atoms with E-state index < -0.39 is 0 Å². The Bertz CT molecular complexity index is 253. The Morgan fingerprint density at radius 2 is 0.577 bits per heavy atom. The molecular weight excluding hydrogens is 312 g/mol. The van der Waals surface area contributed by atoms with Crippen LogP contribution in [0.5, 0.6) is 0 Å². The van der Waals surface area contributed by atoms with Crippen LogP contribution in [0.1, 0.15) is 163 Å². The van der Waals surface area contributed by atoms with Crippen LogP contribution in [-0.4, -0.2) is 0 Å². The molecule has 0 saturated heterocycles. The van der Waals surface area contributed by atoms with Crippen LogP contribution in [0.25, 0.3) is 0 Å². The first-order valence-electron chi connectivity index (χ1n) is 12.6. The van der Waals surface area contributed by atoms with Crippen molar-refractivity contribution in [1.82, 2.24) is 0 Å². The molecule has 0 unspecified atom stereocenters. The molecule has 0 aliphatic rings. The fourth-order valence-corrected chi connectivity index (χ4v) is 4.13. The molecule has 0 radical (unpaired) electrons. The maximum atomic E-state index is 2.50. The van der Waals surface area contributed by atoms with Gasteiger partial charge in [-0.15, -0.1) is 0 Å². The van der Waals surface area contributed by atoms with E-state index in [9.17, 15) is 0 Å². The summed E-state index contributed by atoms with van der Waals surface area (Å²) in [4.78, 5) is 0. The van der Waals surface area contributed by atoms with Gasteiger partial charge in [-0.1, -0.05) is 150 Å². The topological polar surface area (TPSA) is 0 Å². The standard InChI is InChI=1S/C26H54/c1-5-7-9-11-13-15-16-17-19-21-23-25-26(3,4)24-22-20-18-14-12-10-8-6-2/h5-25H2,1-4H3. The van der Waals surface area contributed by atoms with Crippen molar-refractivity contribution in [3.05, 3.63) is 0 Å². The first-order chi connectivity index (χ1) is 12.6. The maximum absolute atomic E-state index is 2.50. The second-order valence-electron chi connectivity index (χ2n) is 9.67. The molecule has 0 N–H and O–H groups in total. The minimum Gasteiger partial charge on any atom is -0.0654 e. The molecule has 0 bridgehead atoms. The summed E-state index contributed by atoms with van der Waals surface area (Å²) in [5.74, 6) is 0. The van der Waals surface area contributed by atoms with Gasteiger partial charge in [-0.3, -0.25) is 0 Å². The number of hydrogen-bond acceptors (Lipinski definition) is 0. The summed E-state index contributed by atoms with van der Waals surface area (Å²) in [5, 5.41) is 0. The van der Waals surface area contributed by atoms with E-state index in [-0.39, 0.29) is 0 Å². The monoisotopic (exact) mass is 366 g/mol. The zero-order chi connectivity index (χ0) is 19.3. The second-order valence-corrected chi connectivity index (χ2v) is 9.67. The SMILES string of the molecule is CCCCCCCCCCCCCC(C)(C)CCCCCCCCCC. The van der Waals surface area contributed by atoms with E-state index in [0.717, 1.165) is 0 Å². The van der Waals surface area contributed by atoms with Crippen molar-refractivity contribution in [2.75, 3.05) is 0 Å².